The molecule has 0 bridgehead atoms. The van der Waals surface area contributed by atoms with Gasteiger partial charge in [-0.25, -0.2) is 9.37 Å². The van der Waals surface area contributed by atoms with Crippen molar-refractivity contribution in [2.75, 3.05) is 0 Å². The Morgan fingerprint density at radius 2 is 1.94 bits per heavy atom. The van der Waals surface area contributed by atoms with Gasteiger partial charge in [-0.2, -0.15) is 0 Å². The summed E-state index contributed by atoms with van der Waals surface area (Å²) >= 11 is 1.60. The molecule has 90 valence electrons. The van der Waals surface area contributed by atoms with Crippen molar-refractivity contribution < 1.29 is 9.50 Å². The number of phenolic OH excluding ortho intramolecular Hbond substituents is 1. The van der Waals surface area contributed by atoms with Crippen LogP contribution in [0.3, 0.4) is 0 Å². The van der Waals surface area contributed by atoms with Crippen LogP contribution in [0.15, 0.2) is 36.4 Å². The van der Waals surface area contributed by atoms with E-state index in [1.807, 2.05) is 25.1 Å². The Balaban J connectivity index is 2.18. The summed E-state index contributed by atoms with van der Waals surface area (Å²) in [6, 6.07) is 9.83. The Morgan fingerprint density at radius 3 is 2.72 bits per heavy atom. The minimum atomic E-state index is -0.439. The first-order chi connectivity index (χ1) is 8.61. The van der Waals surface area contributed by atoms with Crippen LogP contribution in [0.2, 0.25) is 0 Å². The topological polar surface area (TPSA) is 33.1 Å². The van der Waals surface area contributed by atoms with Crippen molar-refractivity contribution in [2.45, 2.75) is 6.92 Å². The van der Waals surface area contributed by atoms with E-state index in [1.165, 1.54) is 6.07 Å². The predicted octanol–water partition coefficient (Wildman–Crippen LogP) is 4.12. The lowest BCUT2D eigenvalue weighted by Crippen LogP contribution is -1.81. The number of hydrogen-bond acceptors (Lipinski definition) is 3. The maximum Gasteiger partial charge on any atom is 0.127 e. The predicted molar refractivity (Wildman–Crippen MR) is 71.4 cm³/mol. The third-order valence-corrected chi connectivity index (χ3v) is 3.64. The van der Waals surface area contributed by atoms with Gasteiger partial charge < -0.3 is 5.11 Å². The molecule has 0 spiro atoms. The lowest BCUT2D eigenvalue weighted by atomic mass is 10.1. The van der Waals surface area contributed by atoms with Crippen LogP contribution in [-0.4, -0.2) is 10.1 Å². The van der Waals surface area contributed by atoms with Crippen LogP contribution in [0, 0.1) is 12.7 Å². The van der Waals surface area contributed by atoms with Crippen LogP contribution in [-0.2, 0) is 0 Å². The van der Waals surface area contributed by atoms with E-state index in [0.29, 0.717) is 5.56 Å². The van der Waals surface area contributed by atoms with Crippen molar-refractivity contribution in [3.63, 3.8) is 0 Å². The first kappa shape index (κ1) is 11.2. The van der Waals surface area contributed by atoms with E-state index in [0.717, 1.165) is 26.9 Å². The van der Waals surface area contributed by atoms with Gasteiger partial charge in [-0.15, -0.1) is 11.3 Å². The number of halogens is 1. The Labute approximate surface area is 107 Å². The Hall–Kier alpha value is -1.94. The molecule has 2 aromatic carbocycles. The Morgan fingerprint density at radius 1 is 1.11 bits per heavy atom. The molecule has 0 aliphatic carbocycles. The molecule has 0 aliphatic rings. The average molecular weight is 259 g/mol. The summed E-state index contributed by atoms with van der Waals surface area (Å²) in [5, 5.41) is 10.4. The number of aryl methyl sites for hydroxylation is 1. The van der Waals surface area contributed by atoms with Crippen LogP contribution in [0.5, 0.6) is 5.75 Å². The fourth-order valence-electron chi connectivity index (χ4n) is 1.96. The van der Waals surface area contributed by atoms with Crippen LogP contribution in [0.4, 0.5) is 4.39 Å². The quantitative estimate of drug-likeness (QED) is 0.713. The van der Waals surface area contributed by atoms with Crippen molar-refractivity contribution in [1.82, 2.24) is 4.98 Å². The van der Waals surface area contributed by atoms with Gasteiger partial charge in [0.05, 0.1) is 15.2 Å². The Kier molecular flexibility index (Phi) is 2.52. The number of fused-ring (bicyclic) bond motifs is 1. The first-order valence-corrected chi connectivity index (χ1v) is 6.30. The molecule has 1 aromatic heterocycles. The fourth-order valence-corrected chi connectivity index (χ4v) is 2.83. The molecule has 0 saturated heterocycles. The summed E-state index contributed by atoms with van der Waals surface area (Å²) in [5.41, 5.74) is 2.49. The van der Waals surface area contributed by atoms with Gasteiger partial charge in [0, 0.05) is 6.07 Å². The molecule has 18 heavy (non-hydrogen) atoms. The second-order valence-electron chi connectivity index (χ2n) is 4.11. The number of nitrogens with zero attached hydrogens (tertiary/aromatic N) is 1. The highest BCUT2D eigenvalue weighted by atomic mass is 32.1. The Bertz CT molecular complexity index is 715. The van der Waals surface area contributed by atoms with Crippen molar-refractivity contribution in [2.24, 2.45) is 0 Å². The average Bonchev–Trinajstić information content (AvgIpc) is 2.66. The third kappa shape index (κ3) is 1.95. The summed E-state index contributed by atoms with van der Waals surface area (Å²) in [4.78, 5) is 4.38. The highest BCUT2D eigenvalue weighted by molar-refractivity contribution is 7.18. The summed E-state index contributed by atoms with van der Waals surface area (Å²) < 4.78 is 14.3. The normalized spacial score (nSPS) is 11.0. The molecule has 0 fully saturated rings. The minimum absolute atomic E-state index is 0.0643. The van der Waals surface area contributed by atoms with Crippen LogP contribution in [0.25, 0.3) is 21.3 Å². The van der Waals surface area contributed by atoms with Gasteiger partial charge in [-0.05, 0) is 42.3 Å². The molecule has 2 nitrogen and oxygen atoms in total. The van der Waals surface area contributed by atoms with Crippen molar-refractivity contribution in [3.05, 3.63) is 47.2 Å². The third-order valence-electron chi connectivity index (χ3n) is 2.71. The maximum absolute atomic E-state index is 13.3. The van der Waals surface area contributed by atoms with E-state index in [2.05, 4.69) is 4.98 Å². The largest absolute Gasteiger partial charge is 0.508 e. The molecule has 4 heteroatoms. The smallest absolute Gasteiger partial charge is 0.127 e. The lowest BCUT2D eigenvalue weighted by Gasteiger charge is -2.03. The van der Waals surface area contributed by atoms with Crippen molar-refractivity contribution in [3.8, 4) is 16.9 Å². The van der Waals surface area contributed by atoms with E-state index in [4.69, 9.17) is 0 Å². The summed E-state index contributed by atoms with van der Waals surface area (Å²) in [5.74, 6) is -0.504. The summed E-state index contributed by atoms with van der Waals surface area (Å²) in [6.07, 6.45) is 0. The van der Waals surface area contributed by atoms with Gasteiger partial charge >= 0.3 is 0 Å². The molecule has 0 aliphatic heterocycles. The number of phenols is 1. The molecular formula is C14H10FNOS. The zero-order valence-corrected chi connectivity index (χ0v) is 10.5. The molecule has 1 N–H and O–H groups in total. The van der Waals surface area contributed by atoms with Gasteiger partial charge in [0.15, 0.2) is 0 Å². The van der Waals surface area contributed by atoms with Crippen molar-refractivity contribution >= 4 is 21.6 Å². The van der Waals surface area contributed by atoms with E-state index in [1.54, 1.807) is 17.4 Å². The van der Waals surface area contributed by atoms with Gasteiger partial charge in [-0.1, -0.05) is 6.07 Å². The monoisotopic (exact) mass is 259 g/mol. The lowest BCUT2D eigenvalue weighted by molar-refractivity contribution is 0.469. The number of hydrogen-bond donors (Lipinski definition) is 1. The van der Waals surface area contributed by atoms with Gasteiger partial charge in [-0.3, -0.25) is 0 Å². The van der Waals surface area contributed by atoms with E-state index < -0.39 is 5.82 Å². The van der Waals surface area contributed by atoms with Crippen LogP contribution in [0.1, 0.15) is 5.01 Å². The van der Waals surface area contributed by atoms with Crippen molar-refractivity contribution in [1.29, 1.82) is 0 Å². The fraction of sp³-hybridized carbons (Fsp3) is 0.0714. The second-order valence-corrected chi connectivity index (χ2v) is 5.35. The number of aromatic hydroxyl groups is 1. The molecule has 0 atom stereocenters. The number of thiazole rings is 1. The van der Waals surface area contributed by atoms with Gasteiger partial charge in [0.25, 0.3) is 0 Å². The summed E-state index contributed by atoms with van der Waals surface area (Å²) in [6.45, 7) is 1.96. The van der Waals surface area contributed by atoms with Crippen LogP contribution < -0.4 is 0 Å². The van der Waals surface area contributed by atoms with E-state index in [-0.39, 0.29) is 5.75 Å². The first-order valence-electron chi connectivity index (χ1n) is 5.49. The zero-order chi connectivity index (χ0) is 12.7. The van der Waals surface area contributed by atoms with Gasteiger partial charge in [0.2, 0.25) is 0 Å². The van der Waals surface area contributed by atoms with E-state index in [9.17, 15) is 9.50 Å². The minimum Gasteiger partial charge on any atom is -0.508 e. The standard InChI is InChI=1S/C14H10FNOS/c1-8-16-13-3-2-9(6-14(13)18-8)10-4-11(15)7-12(17)5-10/h2-7,17H,1H3. The molecule has 3 rings (SSSR count). The number of benzene rings is 2. The van der Waals surface area contributed by atoms with Crippen LogP contribution >= 0.6 is 11.3 Å². The van der Waals surface area contributed by atoms with Gasteiger partial charge in [0.1, 0.15) is 11.6 Å². The second kappa shape index (κ2) is 4.07. The highest BCUT2D eigenvalue weighted by Gasteiger charge is 2.06. The molecule has 0 radical (unpaired) electrons. The molecule has 0 unspecified atom stereocenters. The van der Waals surface area contributed by atoms with E-state index >= 15 is 0 Å². The number of aromatic nitrogens is 1. The maximum atomic E-state index is 13.3. The zero-order valence-electron chi connectivity index (χ0n) is 9.64. The highest BCUT2D eigenvalue weighted by Crippen LogP contribution is 2.30. The summed E-state index contributed by atoms with van der Waals surface area (Å²) in [7, 11) is 0. The molecule has 3 aromatic rings. The number of rotatable bonds is 1. The molecular weight excluding hydrogens is 249 g/mol. The molecule has 1 heterocycles. The molecule has 0 saturated carbocycles. The molecule has 0 amide bonds. The SMILES string of the molecule is Cc1nc2ccc(-c3cc(O)cc(F)c3)cc2s1.